The third-order valence-electron chi connectivity index (χ3n) is 3.86. The van der Waals surface area contributed by atoms with E-state index < -0.39 is 5.97 Å². The van der Waals surface area contributed by atoms with Gasteiger partial charge in [0, 0.05) is 6.54 Å². The highest BCUT2D eigenvalue weighted by Gasteiger charge is 2.32. The molecule has 1 fully saturated rings. The number of thioether (sulfide) groups is 1. The normalized spacial score (nSPS) is 17.3. The van der Waals surface area contributed by atoms with Gasteiger partial charge in [0.1, 0.15) is 0 Å². The summed E-state index contributed by atoms with van der Waals surface area (Å²) in [5.74, 6) is -1.10. The lowest BCUT2D eigenvalue weighted by atomic mass is 10.1. The fourth-order valence-corrected chi connectivity index (χ4v) is 3.66. The molecule has 1 N–H and O–H groups in total. The molecule has 2 aromatic rings. The summed E-state index contributed by atoms with van der Waals surface area (Å²) in [6.07, 6.45) is 1.86. The molecule has 3 rings (SSSR count). The Balaban J connectivity index is 1.94. The van der Waals surface area contributed by atoms with Gasteiger partial charge in [-0.05, 0) is 55.4 Å². The van der Waals surface area contributed by atoms with Crippen LogP contribution < -0.4 is 0 Å². The summed E-state index contributed by atoms with van der Waals surface area (Å²) in [6, 6.07) is 14.3. The number of nitrogens with zero attached hydrogens (tertiary/aromatic N) is 2. The maximum Gasteiger partial charge on any atom is 0.335 e. The van der Waals surface area contributed by atoms with Crippen LogP contribution in [0.5, 0.6) is 0 Å². The molecule has 0 saturated carbocycles. The van der Waals surface area contributed by atoms with Crippen molar-refractivity contribution in [3.05, 3.63) is 70.1 Å². The van der Waals surface area contributed by atoms with Crippen LogP contribution in [0.3, 0.4) is 0 Å². The van der Waals surface area contributed by atoms with Gasteiger partial charge >= 0.3 is 5.97 Å². The first-order valence-electron chi connectivity index (χ1n) is 8.18. The van der Waals surface area contributed by atoms with Crippen molar-refractivity contribution in [1.82, 2.24) is 4.90 Å². The second-order valence-electron chi connectivity index (χ2n) is 5.82. The highest BCUT2D eigenvalue weighted by Crippen LogP contribution is 2.34. The zero-order valence-electron chi connectivity index (χ0n) is 14.5. The molecule has 0 radical (unpaired) electrons. The zero-order valence-corrected chi connectivity index (χ0v) is 15.3. The Bertz CT molecular complexity index is 934. The number of hydrogen-bond acceptors (Lipinski definition) is 4. The van der Waals surface area contributed by atoms with E-state index in [1.807, 2.05) is 44.2 Å². The van der Waals surface area contributed by atoms with Gasteiger partial charge in [-0.1, -0.05) is 35.9 Å². The van der Waals surface area contributed by atoms with Gasteiger partial charge in [-0.25, -0.2) is 9.79 Å². The van der Waals surface area contributed by atoms with Crippen LogP contribution in [0.25, 0.3) is 6.08 Å². The number of amides is 1. The summed E-state index contributed by atoms with van der Waals surface area (Å²) in [4.78, 5) is 30.5. The standard InChI is InChI=1S/C20H18N2O3S/c1-3-22-18(23)17(11-14-7-4-6-13(2)10-14)26-20(22)21-16-9-5-8-15(12-16)19(24)25/h4-12H,3H2,1-2H3,(H,24,25)/b17-11-,21-20?. The van der Waals surface area contributed by atoms with Gasteiger partial charge in [0.15, 0.2) is 5.17 Å². The molecule has 1 saturated heterocycles. The van der Waals surface area contributed by atoms with Gasteiger partial charge < -0.3 is 5.11 Å². The Labute approximate surface area is 156 Å². The molecule has 6 heteroatoms. The van der Waals surface area contributed by atoms with E-state index >= 15 is 0 Å². The number of likely N-dealkylation sites (N-methyl/N-ethyl adjacent to an activating group) is 1. The number of carbonyl (C=O) groups is 2. The lowest BCUT2D eigenvalue weighted by Crippen LogP contribution is -2.28. The second kappa shape index (κ2) is 7.58. The fourth-order valence-electron chi connectivity index (χ4n) is 2.60. The van der Waals surface area contributed by atoms with Crippen LogP contribution >= 0.6 is 11.8 Å². The summed E-state index contributed by atoms with van der Waals surface area (Å²) < 4.78 is 0. The van der Waals surface area contributed by atoms with Gasteiger partial charge in [-0.15, -0.1) is 0 Å². The Morgan fingerprint density at radius 1 is 1.23 bits per heavy atom. The number of carbonyl (C=O) groups excluding carboxylic acids is 1. The van der Waals surface area contributed by atoms with Gasteiger partial charge in [0.25, 0.3) is 5.91 Å². The molecule has 0 aliphatic carbocycles. The number of carboxylic acid groups (broad SMARTS) is 1. The van der Waals surface area contributed by atoms with Crippen molar-refractivity contribution in [2.75, 3.05) is 6.54 Å². The quantitative estimate of drug-likeness (QED) is 0.818. The molecule has 1 heterocycles. The fraction of sp³-hybridized carbons (Fsp3) is 0.150. The molecular weight excluding hydrogens is 348 g/mol. The van der Waals surface area contributed by atoms with Gasteiger partial charge in [0.2, 0.25) is 0 Å². The molecule has 2 aromatic carbocycles. The van der Waals surface area contributed by atoms with E-state index in [0.717, 1.165) is 11.1 Å². The topological polar surface area (TPSA) is 70.0 Å². The maximum atomic E-state index is 12.7. The Hall–Kier alpha value is -2.86. The van der Waals surface area contributed by atoms with E-state index in [0.29, 0.717) is 22.3 Å². The number of amidine groups is 1. The van der Waals surface area contributed by atoms with Crippen LogP contribution in [0.15, 0.2) is 58.4 Å². The molecule has 0 atom stereocenters. The average molecular weight is 366 g/mol. The first-order chi connectivity index (χ1) is 12.5. The lowest BCUT2D eigenvalue weighted by Gasteiger charge is -2.12. The molecule has 132 valence electrons. The number of aromatic carboxylic acids is 1. The maximum absolute atomic E-state index is 12.7. The Kier molecular flexibility index (Phi) is 5.23. The molecule has 26 heavy (non-hydrogen) atoms. The van der Waals surface area contributed by atoms with Crippen molar-refractivity contribution < 1.29 is 14.7 Å². The number of carboxylic acids is 1. The Morgan fingerprint density at radius 2 is 2.00 bits per heavy atom. The molecule has 5 nitrogen and oxygen atoms in total. The van der Waals surface area contributed by atoms with Crippen molar-refractivity contribution in [2.45, 2.75) is 13.8 Å². The number of hydrogen-bond donors (Lipinski definition) is 1. The van der Waals surface area contributed by atoms with E-state index in [4.69, 9.17) is 5.11 Å². The molecule has 1 amide bonds. The third-order valence-corrected chi connectivity index (χ3v) is 4.87. The molecule has 0 unspecified atom stereocenters. The Morgan fingerprint density at radius 3 is 2.69 bits per heavy atom. The van der Waals surface area contributed by atoms with Crippen molar-refractivity contribution in [2.24, 2.45) is 4.99 Å². The summed E-state index contributed by atoms with van der Waals surface area (Å²) in [7, 11) is 0. The minimum atomic E-state index is -1.01. The van der Waals surface area contributed by atoms with E-state index in [2.05, 4.69) is 4.99 Å². The smallest absolute Gasteiger partial charge is 0.335 e. The molecule has 0 bridgehead atoms. The number of aryl methyl sites for hydroxylation is 1. The molecule has 1 aliphatic rings. The van der Waals surface area contributed by atoms with Gasteiger partial charge in [0.05, 0.1) is 16.2 Å². The monoisotopic (exact) mass is 366 g/mol. The van der Waals surface area contributed by atoms with E-state index in [-0.39, 0.29) is 11.5 Å². The molecule has 1 aliphatic heterocycles. The first-order valence-corrected chi connectivity index (χ1v) is 8.99. The molecule has 0 aromatic heterocycles. The predicted molar refractivity (Wildman–Crippen MR) is 105 cm³/mol. The highest BCUT2D eigenvalue weighted by atomic mass is 32.2. The van der Waals surface area contributed by atoms with E-state index in [1.54, 1.807) is 17.0 Å². The summed E-state index contributed by atoms with van der Waals surface area (Å²) >= 11 is 1.30. The third kappa shape index (κ3) is 3.86. The van der Waals surface area contributed by atoms with Crippen molar-refractivity contribution in [1.29, 1.82) is 0 Å². The predicted octanol–water partition coefficient (Wildman–Crippen LogP) is 4.32. The zero-order chi connectivity index (χ0) is 18.7. The molecular formula is C20H18N2O3S. The molecule has 0 spiro atoms. The van der Waals surface area contributed by atoms with E-state index in [1.165, 1.54) is 23.9 Å². The van der Waals surface area contributed by atoms with Crippen molar-refractivity contribution in [3.63, 3.8) is 0 Å². The summed E-state index contributed by atoms with van der Waals surface area (Å²) in [5.41, 5.74) is 2.77. The van der Waals surface area contributed by atoms with Gasteiger partial charge in [-0.2, -0.15) is 0 Å². The van der Waals surface area contributed by atoms with Gasteiger partial charge in [-0.3, -0.25) is 9.69 Å². The van der Waals surface area contributed by atoms with Crippen LogP contribution in [0, 0.1) is 6.92 Å². The van der Waals surface area contributed by atoms with Crippen LogP contribution in [-0.2, 0) is 4.79 Å². The minimum Gasteiger partial charge on any atom is -0.478 e. The lowest BCUT2D eigenvalue weighted by molar-refractivity contribution is -0.122. The van der Waals surface area contributed by atoms with Crippen molar-refractivity contribution >= 4 is 40.6 Å². The van der Waals surface area contributed by atoms with Crippen LogP contribution in [0.2, 0.25) is 0 Å². The summed E-state index contributed by atoms with van der Waals surface area (Å²) in [6.45, 7) is 4.39. The number of rotatable bonds is 4. The second-order valence-corrected chi connectivity index (χ2v) is 6.83. The average Bonchev–Trinajstić information content (AvgIpc) is 2.89. The number of benzene rings is 2. The highest BCUT2D eigenvalue weighted by molar-refractivity contribution is 8.18. The minimum absolute atomic E-state index is 0.0906. The first kappa shape index (κ1) is 17.9. The van der Waals surface area contributed by atoms with Crippen LogP contribution in [0.1, 0.15) is 28.4 Å². The number of aliphatic imine (C=N–C) groups is 1. The SMILES string of the molecule is CCN1C(=O)/C(=C/c2cccc(C)c2)SC1=Nc1cccc(C(=O)O)c1. The summed E-state index contributed by atoms with van der Waals surface area (Å²) in [5, 5.41) is 9.67. The van der Waals surface area contributed by atoms with E-state index in [9.17, 15) is 9.59 Å². The van der Waals surface area contributed by atoms with Crippen LogP contribution in [-0.4, -0.2) is 33.6 Å². The largest absolute Gasteiger partial charge is 0.478 e. The van der Waals surface area contributed by atoms with Crippen LogP contribution in [0.4, 0.5) is 5.69 Å². The van der Waals surface area contributed by atoms with Crippen molar-refractivity contribution in [3.8, 4) is 0 Å².